The lowest BCUT2D eigenvalue weighted by Gasteiger charge is -2.09. The minimum Gasteiger partial charge on any atom is -0.497 e. The minimum atomic E-state index is 0.263. The van der Waals surface area contributed by atoms with Crippen LogP contribution in [-0.2, 0) is 0 Å². The number of hydrogen-bond donors (Lipinski definition) is 1. The molecule has 0 spiro atoms. The van der Waals surface area contributed by atoms with E-state index in [0.717, 1.165) is 0 Å². The maximum Gasteiger partial charge on any atom is 0.241 e. The molecule has 1 aromatic heterocycles. The van der Waals surface area contributed by atoms with Crippen LogP contribution in [0.15, 0.2) is 30.7 Å². The standard InChI is InChI=1S/C11H10ClN3O2/c1-16-7-2-3-10(9(13)4-7)17-11-8(12)5-14-6-15-11/h2-6H,13H2,1H3. The summed E-state index contributed by atoms with van der Waals surface area (Å²) in [4.78, 5) is 7.67. The van der Waals surface area contributed by atoms with Crippen LogP contribution in [0.3, 0.4) is 0 Å². The Balaban J connectivity index is 2.28. The van der Waals surface area contributed by atoms with Crippen molar-refractivity contribution < 1.29 is 9.47 Å². The van der Waals surface area contributed by atoms with Crippen LogP contribution in [0.25, 0.3) is 0 Å². The third-order valence-electron chi connectivity index (χ3n) is 2.06. The molecular weight excluding hydrogens is 242 g/mol. The SMILES string of the molecule is COc1ccc(Oc2ncncc2Cl)c(N)c1. The Bertz CT molecular complexity index is 534. The summed E-state index contributed by atoms with van der Waals surface area (Å²) in [5.41, 5.74) is 6.25. The van der Waals surface area contributed by atoms with Crippen molar-refractivity contribution in [1.29, 1.82) is 0 Å². The molecule has 88 valence electrons. The highest BCUT2D eigenvalue weighted by Crippen LogP contribution is 2.32. The van der Waals surface area contributed by atoms with Gasteiger partial charge in [-0.2, -0.15) is 0 Å². The first-order valence-corrected chi connectivity index (χ1v) is 5.15. The molecule has 0 amide bonds. The highest BCUT2D eigenvalue weighted by Gasteiger charge is 2.07. The first kappa shape index (κ1) is 11.5. The molecule has 0 saturated heterocycles. The first-order chi connectivity index (χ1) is 8.20. The van der Waals surface area contributed by atoms with Gasteiger partial charge in [-0.25, -0.2) is 9.97 Å². The monoisotopic (exact) mass is 251 g/mol. The van der Waals surface area contributed by atoms with Gasteiger partial charge < -0.3 is 15.2 Å². The van der Waals surface area contributed by atoms with Crippen molar-refractivity contribution in [2.45, 2.75) is 0 Å². The zero-order valence-corrected chi connectivity index (χ0v) is 9.81. The highest BCUT2D eigenvalue weighted by molar-refractivity contribution is 6.31. The van der Waals surface area contributed by atoms with Crippen molar-refractivity contribution in [3.63, 3.8) is 0 Å². The summed E-state index contributed by atoms with van der Waals surface area (Å²) in [6, 6.07) is 5.08. The Morgan fingerprint density at radius 3 is 2.82 bits per heavy atom. The van der Waals surface area contributed by atoms with Crippen LogP contribution in [0, 0.1) is 0 Å². The summed E-state index contributed by atoms with van der Waals surface area (Å²) in [5, 5.41) is 0.322. The largest absolute Gasteiger partial charge is 0.497 e. The molecule has 1 aromatic carbocycles. The molecule has 0 saturated carbocycles. The van der Waals surface area contributed by atoms with E-state index in [1.54, 1.807) is 25.3 Å². The molecule has 0 atom stereocenters. The van der Waals surface area contributed by atoms with E-state index in [9.17, 15) is 0 Å². The van der Waals surface area contributed by atoms with Crippen molar-refractivity contribution in [2.24, 2.45) is 0 Å². The van der Waals surface area contributed by atoms with Crippen LogP contribution in [0.2, 0.25) is 5.02 Å². The first-order valence-electron chi connectivity index (χ1n) is 4.77. The maximum absolute atomic E-state index is 5.87. The number of nitrogen functional groups attached to an aromatic ring is 1. The third-order valence-corrected chi connectivity index (χ3v) is 2.32. The van der Waals surface area contributed by atoms with E-state index in [0.29, 0.717) is 22.2 Å². The number of hydrogen-bond acceptors (Lipinski definition) is 5. The number of nitrogens with two attached hydrogens (primary N) is 1. The Morgan fingerprint density at radius 2 is 2.18 bits per heavy atom. The molecular formula is C11H10ClN3O2. The van der Waals surface area contributed by atoms with Gasteiger partial charge in [0.2, 0.25) is 5.88 Å². The van der Waals surface area contributed by atoms with E-state index in [1.165, 1.54) is 12.5 Å². The summed E-state index contributed by atoms with van der Waals surface area (Å²) in [6.07, 6.45) is 2.80. The van der Waals surface area contributed by atoms with Crippen LogP contribution in [0.4, 0.5) is 5.69 Å². The van der Waals surface area contributed by atoms with Crippen LogP contribution in [0.1, 0.15) is 0 Å². The van der Waals surface area contributed by atoms with Crippen molar-refractivity contribution in [1.82, 2.24) is 9.97 Å². The van der Waals surface area contributed by atoms with E-state index in [2.05, 4.69) is 9.97 Å². The van der Waals surface area contributed by atoms with Crippen molar-refractivity contribution in [3.8, 4) is 17.4 Å². The fourth-order valence-electron chi connectivity index (χ4n) is 1.23. The molecule has 1 heterocycles. The van der Waals surface area contributed by atoms with Crippen LogP contribution in [-0.4, -0.2) is 17.1 Å². The van der Waals surface area contributed by atoms with Gasteiger partial charge in [-0.3, -0.25) is 0 Å². The van der Waals surface area contributed by atoms with Gasteiger partial charge in [-0.15, -0.1) is 0 Å². The molecule has 0 unspecified atom stereocenters. The van der Waals surface area contributed by atoms with Crippen LogP contribution in [0.5, 0.6) is 17.4 Å². The fraction of sp³-hybridized carbons (Fsp3) is 0.0909. The number of methoxy groups -OCH3 is 1. The topological polar surface area (TPSA) is 70.3 Å². The lowest BCUT2D eigenvalue weighted by atomic mass is 10.3. The third kappa shape index (κ3) is 2.57. The quantitative estimate of drug-likeness (QED) is 0.849. The number of rotatable bonds is 3. The number of ether oxygens (including phenoxy) is 2. The van der Waals surface area contributed by atoms with Gasteiger partial charge in [0.15, 0.2) is 5.75 Å². The normalized spacial score (nSPS) is 10.0. The summed E-state index contributed by atoms with van der Waals surface area (Å²) < 4.78 is 10.5. The average molecular weight is 252 g/mol. The van der Waals surface area contributed by atoms with Crippen LogP contribution >= 0.6 is 11.6 Å². The number of aromatic nitrogens is 2. The Hall–Kier alpha value is -2.01. The molecule has 2 aromatic rings. The second-order valence-corrected chi connectivity index (χ2v) is 3.59. The molecule has 0 aliphatic carbocycles. The number of nitrogens with zero attached hydrogens (tertiary/aromatic N) is 2. The summed E-state index contributed by atoms with van der Waals surface area (Å²) in [5.74, 6) is 1.38. The van der Waals surface area contributed by atoms with E-state index in [4.69, 9.17) is 26.8 Å². The second kappa shape index (κ2) is 4.88. The molecule has 5 nitrogen and oxygen atoms in total. The van der Waals surface area contributed by atoms with E-state index in [1.807, 2.05) is 0 Å². The number of anilines is 1. The molecule has 0 aliphatic rings. The van der Waals surface area contributed by atoms with E-state index in [-0.39, 0.29) is 5.88 Å². The Labute approximate surface area is 103 Å². The van der Waals surface area contributed by atoms with Crippen LogP contribution < -0.4 is 15.2 Å². The zero-order chi connectivity index (χ0) is 12.3. The van der Waals surface area contributed by atoms with Crippen molar-refractivity contribution >= 4 is 17.3 Å². The predicted octanol–water partition coefficient (Wildman–Crippen LogP) is 2.51. The van der Waals surface area contributed by atoms with Gasteiger partial charge >= 0.3 is 0 Å². The molecule has 17 heavy (non-hydrogen) atoms. The lowest BCUT2D eigenvalue weighted by molar-refractivity contribution is 0.412. The van der Waals surface area contributed by atoms with Gasteiger partial charge in [0.1, 0.15) is 17.1 Å². The van der Waals surface area contributed by atoms with Gasteiger partial charge in [0, 0.05) is 6.07 Å². The Morgan fingerprint density at radius 1 is 1.35 bits per heavy atom. The molecule has 0 aliphatic heterocycles. The summed E-state index contributed by atoms with van der Waals surface area (Å²) >= 11 is 5.87. The highest BCUT2D eigenvalue weighted by atomic mass is 35.5. The number of benzene rings is 1. The summed E-state index contributed by atoms with van der Waals surface area (Å²) in [7, 11) is 1.57. The predicted molar refractivity (Wildman–Crippen MR) is 64.5 cm³/mol. The number of halogens is 1. The van der Waals surface area contributed by atoms with Crippen molar-refractivity contribution in [3.05, 3.63) is 35.7 Å². The Kier molecular flexibility index (Phi) is 3.30. The van der Waals surface area contributed by atoms with E-state index < -0.39 is 0 Å². The van der Waals surface area contributed by atoms with Crippen molar-refractivity contribution in [2.75, 3.05) is 12.8 Å². The maximum atomic E-state index is 5.87. The molecule has 6 heteroatoms. The summed E-state index contributed by atoms with van der Waals surface area (Å²) in [6.45, 7) is 0. The minimum absolute atomic E-state index is 0.263. The zero-order valence-electron chi connectivity index (χ0n) is 9.05. The van der Waals surface area contributed by atoms with E-state index >= 15 is 0 Å². The average Bonchev–Trinajstić information content (AvgIpc) is 2.34. The molecule has 2 rings (SSSR count). The molecule has 0 fully saturated rings. The second-order valence-electron chi connectivity index (χ2n) is 3.18. The van der Waals surface area contributed by atoms with Gasteiger partial charge in [-0.05, 0) is 12.1 Å². The molecule has 2 N–H and O–H groups in total. The van der Waals surface area contributed by atoms with Gasteiger partial charge in [-0.1, -0.05) is 11.6 Å². The smallest absolute Gasteiger partial charge is 0.241 e. The fourth-order valence-corrected chi connectivity index (χ4v) is 1.37. The van der Waals surface area contributed by atoms with Gasteiger partial charge in [0.25, 0.3) is 0 Å². The lowest BCUT2D eigenvalue weighted by Crippen LogP contribution is -1.95. The molecule has 0 bridgehead atoms. The van der Waals surface area contributed by atoms with Gasteiger partial charge in [0.05, 0.1) is 19.0 Å². The molecule has 0 radical (unpaired) electrons.